The van der Waals surface area contributed by atoms with E-state index in [-0.39, 0.29) is 48.2 Å². The molecule has 4 heterocycles. The van der Waals surface area contributed by atoms with Gasteiger partial charge in [-0.15, -0.1) is 0 Å². The molecule has 1 aliphatic heterocycles. The van der Waals surface area contributed by atoms with Crippen LogP contribution in [0.2, 0.25) is 0 Å². The quantitative estimate of drug-likeness (QED) is 0.0962. The number of rotatable bonds is 11. The summed E-state index contributed by atoms with van der Waals surface area (Å²) in [6, 6.07) is 15.1. The maximum Gasteiger partial charge on any atom is 0.319 e. The number of phenolic OH excluding ortho intramolecular Hbond substituents is 2. The topological polar surface area (TPSA) is 214 Å². The van der Waals surface area contributed by atoms with Gasteiger partial charge in [0.2, 0.25) is 11.9 Å². The fourth-order valence-electron chi connectivity index (χ4n) is 7.12. The summed E-state index contributed by atoms with van der Waals surface area (Å²) in [7, 11) is 0. The number of urea groups is 1. The maximum atomic E-state index is 12.8. The molecular weight excluding hydrogens is 716 g/mol. The van der Waals surface area contributed by atoms with Crippen LogP contribution >= 0.6 is 11.8 Å². The molecule has 282 valence electrons. The normalized spacial score (nSPS) is 21.1. The van der Waals surface area contributed by atoms with Crippen molar-refractivity contribution < 1.29 is 30.0 Å². The maximum absolute atomic E-state index is 12.8. The zero-order valence-corrected chi connectivity index (χ0v) is 30.1. The van der Waals surface area contributed by atoms with E-state index < -0.39 is 24.3 Å². The minimum Gasteiger partial charge on any atom is -0.508 e. The number of aliphatic hydroxyl groups excluding tert-OH is 2. The van der Waals surface area contributed by atoms with Crippen LogP contribution in [0.15, 0.2) is 79.4 Å². The van der Waals surface area contributed by atoms with Crippen LogP contribution in [0.5, 0.6) is 11.5 Å². The van der Waals surface area contributed by atoms with Crippen LogP contribution in [0, 0.1) is 0 Å². The number of aromatic hydroxyl groups is 2. The Balaban J connectivity index is 1.20. The summed E-state index contributed by atoms with van der Waals surface area (Å²) in [4.78, 5) is 45.7. The molecule has 7 N–H and O–H groups in total. The second kappa shape index (κ2) is 15.7. The number of pyridine rings is 1. The number of carbonyl (C=O) groups is 2. The van der Waals surface area contributed by atoms with Crippen molar-refractivity contribution in [2.75, 3.05) is 35.2 Å². The molecule has 16 nitrogen and oxygen atoms in total. The highest BCUT2D eigenvalue weighted by Gasteiger charge is 2.47. The van der Waals surface area contributed by atoms with E-state index in [0.717, 1.165) is 15.5 Å². The summed E-state index contributed by atoms with van der Waals surface area (Å²) in [5, 5.41) is 51.5. The second-order valence-electron chi connectivity index (χ2n) is 13.5. The van der Waals surface area contributed by atoms with E-state index in [1.54, 1.807) is 60.3 Å². The molecule has 1 aliphatic carbocycles. The van der Waals surface area contributed by atoms with Crippen molar-refractivity contribution in [1.82, 2.24) is 34.2 Å². The first-order valence-electron chi connectivity index (χ1n) is 17.7. The standard InChI is InChI=1S/C37H41ClN10O6/c1-2-30(51)48(38)29-17-28(32(52)33(29)53)47-20-41-31-34(40-18-27(21-3-7-25(49)8-4-21)22-5-9-26(50)10-6-22)44-36(45-35(31)47)46-16-13-24(19-46)43-37(54)42-23-11-14-39-15-12-23/h3-12,14-15,20,24,27-29,32-33,49-50,52-53H,2,13,16-19H2,1H3,(H,40,44,45)(H2,39,42,43,54)/t24-,28-,29+,32+,33-/m1/s1. The average Bonchev–Trinajstić information content (AvgIpc) is 3.90. The second-order valence-corrected chi connectivity index (χ2v) is 13.9. The van der Waals surface area contributed by atoms with Gasteiger partial charge in [-0.25, -0.2) is 14.2 Å². The number of halogens is 1. The molecule has 7 rings (SSSR count). The predicted molar refractivity (Wildman–Crippen MR) is 201 cm³/mol. The van der Waals surface area contributed by atoms with Crippen LogP contribution in [0.4, 0.5) is 22.2 Å². The molecule has 2 fully saturated rings. The number of anilines is 3. The molecule has 0 bridgehead atoms. The number of phenols is 2. The molecule has 17 heteroatoms. The lowest BCUT2D eigenvalue weighted by Gasteiger charge is -2.23. The van der Waals surface area contributed by atoms with Gasteiger partial charge in [0.15, 0.2) is 17.0 Å². The van der Waals surface area contributed by atoms with Crippen LogP contribution in [0.25, 0.3) is 11.2 Å². The number of aromatic nitrogens is 5. The van der Waals surface area contributed by atoms with Crippen LogP contribution in [-0.4, -0.2) is 105 Å². The Morgan fingerprint density at radius 2 is 1.63 bits per heavy atom. The summed E-state index contributed by atoms with van der Waals surface area (Å²) in [6.07, 6.45) is 3.05. The molecule has 54 heavy (non-hydrogen) atoms. The summed E-state index contributed by atoms with van der Waals surface area (Å²) in [5.41, 5.74) is 3.23. The smallest absolute Gasteiger partial charge is 0.319 e. The van der Waals surface area contributed by atoms with Crippen molar-refractivity contribution in [1.29, 1.82) is 0 Å². The number of aliphatic hydroxyl groups is 2. The fourth-order valence-corrected chi connectivity index (χ4v) is 7.44. The monoisotopic (exact) mass is 756 g/mol. The Morgan fingerprint density at radius 1 is 0.963 bits per heavy atom. The van der Waals surface area contributed by atoms with Crippen molar-refractivity contribution in [3.63, 3.8) is 0 Å². The van der Waals surface area contributed by atoms with Gasteiger partial charge < -0.3 is 45.8 Å². The first-order valence-corrected chi connectivity index (χ1v) is 18.1. The largest absolute Gasteiger partial charge is 0.508 e. The Bertz CT molecular complexity index is 2040. The number of imidazole rings is 1. The molecule has 1 saturated carbocycles. The van der Waals surface area contributed by atoms with E-state index >= 15 is 0 Å². The molecule has 5 atom stereocenters. The molecule has 3 amide bonds. The van der Waals surface area contributed by atoms with E-state index in [1.807, 2.05) is 29.2 Å². The van der Waals surface area contributed by atoms with Crippen LogP contribution in [0.1, 0.15) is 49.3 Å². The number of hydrogen-bond donors (Lipinski definition) is 7. The molecule has 2 aromatic carbocycles. The number of nitrogens with one attached hydrogen (secondary N) is 3. The Morgan fingerprint density at radius 3 is 2.28 bits per heavy atom. The van der Waals surface area contributed by atoms with Crippen molar-refractivity contribution in [3.8, 4) is 11.5 Å². The summed E-state index contributed by atoms with van der Waals surface area (Å²) in [6.45, 7) is 2.96. The number of hydrogen-bond acceptors (Lipinski definition) is 12. The Kier molecular flexibility index (Phi) is 10.7. The lowest BCUT2D eigenvalue weighted by atomic mass is 9.91. The highest BCUT2D eigenvalue weighted by Crippen LogP contribution is 2.38. The first-order chi connectivity index (χ1) is 26.1. The summed E-state index contributed by atoms with van der Waals surface area (Å²) >= 11 is 6.34. The van der Waals surface area contributed by atoms with E-state index in [1.165, 1.54) is 6.33 Å². The lowest BCUT2D eigenvalue weighted by Crippen LogP contribution is -2.41. The fraction of sp³-hybridized carbons (Fsp3) is 0.351. The summed E-state index contributed by atoms with van der Waals surface area (Å²) < 4.78 is 2.65. The van der Waals surface area contributed by atoms with Gasteiger partial charge in [0.25, 0.3) is 0 Å². The summed E-state index contributed by atoms with van der Waals surface area (Å²) in [5.74, 6) is 0.432. The Labute approximate surface area is 315 Å². The molecule has 0 spiro atoms. The molecule has 0 unspecified atom stereocenters. The van der Waals surface area contributed by atoms with Crippen LogP contribution < -0.4 is 20.9 Å². The average molecular weight is 757 g/mol. The van der Waals surface area contributed by atoms with Gasteiger partial charge in [0, 0.05) is 67.9 Å². The highest BCUT2D eigenvalue weighted by molar-refractivity contribution is 6.21. The third kappa shape index (κ3) is 7.67. The number of carbonyl (C=O) groups excluding carboxylic acids is 2. The molecule has 3 aromatic heterocycles. The minimum atomic E-state index is -1.31. The van der Waals surface area contributed by atoms with Gasteiger partial charge in [0.05, 0.1) is 18.4 Å². The van der Waals surface area contributed by atoms with Gasteiger partial charge in [-0.3, -0.25) is 9.78 Å². The molecule has 5 aromatic rings. The molecule has 2 aliphatic rings. The van der Waals surface area contributed by atoms with Gasteiger partial charge in [-0.1, -0.05) is 31.2 Å². The number of amides is 3. The van der Waals surface area contributed by atoms with E-state index in [9.17, 15) is 30.0 Å². The lowest BCUT2D eigenvalue weighted by molar-refractivity contribution is -0.129. The number of benzene rings is 2. The molecular formula is C37H41ClN10O6. The highest BCUT2D eigenvalue weighted by atomic mass is 35.5. The van der Waals surface area contributed by atoms with E-state index in [4.69, 9.17) is 21.7 Å². The Hall–Kier alpha value is -5.71. The van der Waals surface area contributed by atoms with Crippen LogP contribution in [-0.2, 0) is 4.79 Å². The third-order valence-electron chi connectivity index (χ3n) is 10.0. The minimum absolute atomic E-state index is 0.134. The molecule has 0 radical (unpaired) electrons. The zero-order chi connectivity index (χ0) is 37.9. The van der Waals surface area contributed by atoms with Crippen molar-refractivity contribution in [2.24, 2.45) is 0 Å². The van der Waals surface area contributed by atoms with Gasteiger partial charge in [-0.2, -0.15) is 9.97 Å². The van der Waals surface area contributed by atoms with Crippen molar-refractivity contribution in [3.05, 3.63) is 90.5 Å². The van der Waals surface area contributed by atoms with Gasteiger partial charge >= 0.3 is 6.03 Å². The van der Waals surface area contributed by atoms with Crippen molar-refractivity contribution in [2.45, 2.75) is 62.4 Å². The first kappa shape index (κ1) is 36.6. The van der Waals surface area contributed by atoms with E-state index in [2.05, 4.69) is 25.9 Å². The van der Waals surface area contributed by atoms with Gasteiger partial charge in [-0.05, 0) is 60.4 Å². The van der Waals surface area contributed by atoms with Gasteiger partial charge in [0.1, 0.15) is 23.7 Å². The third-order valence-corrected chi connectivity index (χ3v) is 10.5. The molecule has 1 saturated heterocycles. The number of fused-ring (bicyclic) bond motifs is 1. The SMILES string of the molecule is CCC(=O)N(Cl)[C@H]1C[C@@H](n2cnc3c(NCC(c4ccc(O)cc4)c4ccc(O)cc4)nc(N4CC[C@@H](NC(=O)Nc5ccncc5)C4)nc32)[C@H](O)[C@@H]1O. The van der Waals surface area contributed by atoms with E-state index in [0.29, 0.717) is 54.7 Å². The predicted octanol–water partition coefficient (Wildman–Crippen LogP) is 3.70. The van der Waals surface area contributed by atoms with Crippen molar-refractivity contribution >= 4 is 52.3 Å². The zero-order valence-electron chi connectivity index (χ0n) is 29.3. The number of nitrogens with zero attached hydrogens (tertiary/aromatic N) is 7. The van der Waals surface area contributed by atoms with Crippen LogP contribution in [0.3, 0.4) is 0 Å².